The molecule has 15 heavy (non-hydrogen) atoms. The summed E-state index contributed by atoms with van der Waals surface area (Å²) in [6.07, 6.45) is 6.07. The summed E-state index contributed by atoms with van der Waals surface area (Å²) >= 11 is 0. The summed E-state index contributed by atoms with van der Waals surface area (Å²) in [7, 11) is 0. The van der Waals surface area contributed by atoms with Crippen LogP contribution < -0.4 is 0 Å². The van der Waals surface area contributed by atoms with E-state index in [9.17, 15) is 4.79 Å². The van der Waals surface area contributed by atoms with E-state index in [1.807, 2.05) is 13.8 Å². The number of hydrogen-bond donors (Lipinski definition) is 1. The van der Waals surface area contributed by atoms with Crippen molar-refractivity contribution in [1.82, 2.24) is 0 Å². The second kappa shape index (κ2) is 5.50. The summed E-state index contributed by atoms with van der Waals surface area (Å²) in [5, 5.41) is 8.93. The van der Waals surface area contributed by atoms with Crippen molar-refractivity contribution in [3.05, 3.63) is 0 Å². The monoisotopic (exact) mass is 214 g/mol. The molecule has 1 aliphatic carbocycles. The van der Waals surface area contributed by atoms with E-state index < -0.39 is 11.6 Å². The number of hydrogen-bond acceptors (Lipinski definition) is 2. The predicted molar refractivity (Wildman–Crippen MR) is 58.9 cm³/mol. The molecular formula is C12H22O3. The van der Waals surface area contributed by atoms with Crippen molar-refractivity contribution in [2.45, 2.75) is 58.0 Å². The van der Waals surface area contributed by atoms with E-state index in [0.29, 0.717) is 12.5 Å². The Morgan fingerprint density at radius 2 is 2.00 bits per heavy atom. The first kappa shape index (κ1) is 12.5. The zero-order chi connectivity index (χ0) is 11.3. The molecule has 3 nitrogen and oxygen atoms in total. The fraction of sp³-hybridized carbons (Fsp3) is 0.917. The highest BCUT2D eigenvalue weighted by atomic mass is 16.5. The van der Waals surface area contributed by atoms with Crippen LogP contribution in [0.4, 0.5) is 0 Å². The summed E-state index contributed by atoms with van der Waals surface area (Å²) in [5.41, 5.74) is -0.457. The topological polar surface area (TPSA) is 46.5 Å². The first-order chi connectivity index (χ1) is 7.08. The molecule has 0 aromatic rings. The Morgan fingerprint density at radius 3 is 2.47 bits per heavy atom. The highest BCUT2D eigenvalue weighted by Gasteiger charge is 2.37. The van der Waals surface area contributed by atoms with Crippen molar-refractivity contribution in [3.8, 4) is 0 Å². The van der Waals surface area contributed by atoms with Gasteiger partial charge in [-0.15, -0.1) is 0 Å². The van der Waals surface area contributed by atoms with E-state index in [1.54, 1.807) is 0 Å². The van der Waals surface area contributed by atoms with E-state index >= 15 is 0 Å². The second-order valence-electron chi connectivity index (χ2n) is 4.65. The van der Waals surface area contributed by atoms with Crippen LogP contribution in [-0.4, -0.2) is 23.3 Å². The Morgan fingerprint density at radius 1 is 1.40 bits per heavy atom. The molecule has 1 atom stereocenters. The first-order valence-electron chi connectivity index (χ1n) is 5.94. The van der Waals surface area contributed by atoms with Gasteiger partial charge in [0.25, 0.3) is 0 Å². The van der Waals surface area contributed by atoms with E-state index in [0.717, 1.165) is 12.8 Å². The Hall–Kier alpha value is -0.570. The van der Waals surface area contributed by atoms with Crippen LogP contribution in [0.15, 0.2) is 0 Å². The molecular weight excluding hydrogens is 192 g/mol. The zero-order valence-corrected chi connectivity index (χ0v) is 9.79. The number of rotatable bonds is 5. The molecule has 0 radical (unpaired) electrons. The number of aliphatic carboxylic acids is 1. The number of carbonyl (C=O) groups is 1. The Kier molecular flexibility index (Phi) is 4.58. The summed E-state index contributed by atoms with van der Waals surface area (Å²) in [5.74, 6) is -0.334. The fourth-order valence-corrected chi connectivity index (χ4v) is 2.66. The van der Waals surface area contributed by atoms with E-state index in [4.69, 9.17) is 9.84 Å². The Bertz CT molecular complexity index is 209. The maximum atomic E-state index is 10.9. The lowest BCUT2D eigenvalue weighted by atomic mass is 9.76. The second-order valence-corrected chi connectivity index (χ2v) is 4.65. The normalized spacial score (nSPS) is 22.3. The number of carboxylic acid groups (broad SMARTS) is 1. The Labute approximate surface area is 91.8 Å². The van der Waals surface area contributed by atoms with Crippen molar-refractivity contribution in [2.75, 3.05) is 6.61 Å². The molecule has 1 rings (SSSR count). The molecule has 1 unspecified atom stereocenters. The maximum absolute atomic E-state index is 10.9. The number of carboxylic acids is 1. The van der Waals surface area contributed by atoms with Gasteiger partial charge in [-0.2, -0.15) is 0 Å². The summed E-state index contributed by atoms with van der Waals surface area (Å²) < 4.78 is 5.70. The number of ether oxygens (including phenoxy) is 1. The minimum atomic E-state index is -0.753. The van der Waals surface area contributed by atoms with Crippen LogP contribution in [-0.2, 0) is 9.53 Å². The van der Waals surface area contributed by atoms with Crippen LogP contribution in [0.1, 0.15) is 52.4 Å². The highest BCUT2D eigenvalue weighted by molar-refractivity contribution is 5.68. The van der Waals surface area contributed by atoms with Crippen LogP contribution in [0.25, 0.3) is 0 Å². The third kappa shape index (κ3) is 3.49. The zero-order valence-electron chi connectivity index (χ0n) is 9.79. The van der Waals surface area contributed by atoms with Crippen LogP contribution in [0, 0.1) is 5.92 Å². The first-order valence-corrected chi connectivity index (χ1v) is 5.94. The van der Waals surface area contributed by atoms with Gasteiger partial charge in [0.15, 0.2) is 0 Å². The van der Waals surface area contributed by atoms with Crippen molar-refractivity contribution < 1.29 is 14.6 Å². The molecule has 0 aliphatic heterocycles. The molecule has 0 aromatic heterocycles. The molecule has 0 aromatic carbocycles. The molecule has 0 bridgehead atoms. The molecule has 88 valence electrons. The van der Waals surface area contributed by atoms with Gasteiger partial charge in [-0.25, -0.2) is 0 Å². The molecule has 0 saturated heterocycles. The molecule has 1 fully saturated rings. The van der Waals surface area contributed by atoms with Gasteiger partial charge in [0.2, 0.25) is 0 Å². The van der Waals surface area contributed by atoms with Gasteiger partial charge >= 0.3 is 5.97 Å². The lowest BCUT2D eigenvalue weighted by Gasteiger charge is -2.38. The molecule has 1 N–H and O–H groups in total. The van der Waals surface area contributed by atoms with Crippen LogP contribution in [0.3, 0.4) is 0 Å². The maximum Gasteiger partial charge on any atom is 0.306 e. The van der Waals surface area contributed by atoms with Crippen molar-refractivity contribution in [3.63, 3.8) is 0 Å². The molecule has 0 spiro atoms. The average molecular weight is 214 g/mol. The van der Waals surface area contributed by atoms with Gasteiger partial charge in [0, 0.05) is 6.61 Å². The van der Waals surface area contributed by atoms with Crippen LogP contribution >= 0.6 is 0 Å². The molecule has 3 heteroatoms. The highest BCUT2D eigenvalue weighted by Crippen LogP contribution is 2.37. The summed E-state index contributed by atoms with van der Waals surface area (Å²) in [6.45, 7) is 4.49. The quantitative estimate of drug-likeness (QED) is 0.765. The van der Waals surface area contributed by atoms with Crippen molar-refractivity contribution in [1.29, 1.82) is 0 Å². The van der Waals surface area contributed by atoms with Gasteiger partial charge in [0.05, 0.1) is 12.0 Å². The van der Waals surface area contributed by atoms with Crippen molar-refractivity contribution >= 4 is 5.97 Å². The molecule has 1 aliphatic rings. The minimum Gasteiger partial charge on any atom is -0.481 e. The third-order valence-electron chi connectivity index (χ3n) is 3.45. The van der Waals surface area contributed by atoms with Crippen molar-refractivity contribution in [2.24, 2.45) is 5.92 Å². The van der Waals surface area contributed by atoms with Gasteiger partial charge in [-0.3, -0.25) is 4.79 Å². The fourth-order valence-electron chi connectivity index (χ4n) is 2.66. The van der Waals surface area contributed by atoms with Gasteiger partial charge in [-0.05, 0) is 32.6 Å². The van der Waals surface area contributed by atoms with Gasteiger partial charge < -0.3 is 9.84 Å². The smallest absolute Gasteiger partial charge is 0.306 e. The third-order valence-corrected chi connectivity index (χ3v) is 3.45. The van der Waals surface area contributed by atoms with Gasteiger partial charge in [-0.1, -0.05) is 19.3 Å². The predicted octanol–water partition coefficient (Wildman–Crippen LogP) is 2.84. The lowest BCUT2D eigenvalue weighted by molar-refractivity contribution is -0.149. The summed E-state index contributed by atoms with van der Waals surface area (Å²) in [6, 6.07) is 0. The molecule has 0 heterocycles. The SMILES string of the molecule is CCOC(C)(CC(=O)O)C1CCCCC1. The molecule has 1 saturated carbocycles. The summed E-state index contributed by atoms with van der Waals surface area (Å²) in [4.78, 5) is 10.9. The Balaban J connectivity index is 2.64. The minimum absolute atomic E-state index is 0.130. The van der Waals surface area contributed by atoms with E-state index in [2.05, 4.69) is 0 Å². The standard InChI is InChI=1S/C12H22O3/c1-3-15-12(2,9-11(13)14)10-7-5-4-6-8-10/h10H,3-9H2,1-2H3,(H,13,14). The van der Waals surface area contributed by atoms with E-state index in [1.165, 1.54) is 19.3 Å². The van der Waals surface area contributed by atoms with Gasteiger partial charge in [0.1, 0.15) is 0 Å². The largest absolute Gasteiger partial charge is 0.481 e. The average Bonchev–Trinajstić information content (AvgIpc) is 2.18. The molecule has 0 amide bonds. The lowest BCUT2D eigenvalue weighted by Crippen LogP contribution is -2.41. The van der Waals surface area contributed by atoms with E-state index in [-0.39, 0.29) is 6.42 Å². The van der Waals surface area contributed by atoms with Crippen LogP contribution in [0.5, 0.6) is 0 Å². The van der Waals surface area contributed by atoms with Crippen LogP contribution in [0.2, 0.25) is 0 Å².